The Balaban J connectivity index is 2.05. The topological polar surface area (TPSA) is 59.3 Å². The van der Waals surface area contributed by atoms with E-state index in [0.717, 1.165) is 12.0 Å². The fourth-order valence-corrected chi connectivity index (χ4v) is 3.14. The summed E-state index contributed by atoms with van der Waals surface area (Å²) >= 11 is 0. The number of pyridine rings is 1. The van der Waals surface area contributed by atoms with Gasteiger partial charge in [0.2, 0.25) is 5.82 Å². The summed E-state index contributed by atoms with van der Waals surface area (Å²) in [6, 6.07) is 9.32. The molecule has 114 valence electrons. The first-order valence-electron chi connectivity index (χ1n) is 7.19. The predicted octanol–water partition coefficient (Wildman–Crippen LogP) is 3.72. The van der Waals surface area contributed by atoms with Crippen molar-refractivity contribution in [2.24, 2.45) is 5.92 Å². The Labute approximate surface area is 127 Å². The molecule has 1 saturated heterocycles. The van der Waals surface area contributed by atoms with Gasteiger partial charge in [0.05, 0.1) is 11.0 Å². The van der Waals surface area contributed by atoms with Gasteiger partial charge in [0.15, 0.2) is 0 Å². The van der Waals surface area contributed by atoms with E-state index in [0.29, 0.717) is 12.4 Å². The van der Waals surface area contributed by atoms with Crippen LogP contribution in [0.5, 0.6) is 0 Å². The predicted molar refractivity (Wildman–Crippen MR) is 81.2 cm³/mol. The monoisotopic (exact) mass is 301 g/mol. The molecule has 2 unspecified atom stereocenters. The highest BCUT2D eigenvalue weighted by Gasteiger charge is 2.36. The minimum absolute atomic E-state index is 0.0157. The van der Waals surface area contributed by atoms with Gasteiger partial charge in [-0.3, -0.25) is 10.1 Å². The second-order valence-corrected chi connectivity index (χ2v) is 5.56. The Kier molecular flexibility index (Phi) is 3.75. The molecule has 6 heteroatoms. The summed E-state index contributed by atoms with van der Waals surface area (Å²) in [7, 11) is 0. The highest BCUT2D eigenvalue weighted by atomic mass is 19.1. The average Bonchev–Trinajstić information content (AvgIpc) is 2.89. The standard InChI is InChI=1S/C16H16FN3O2/c1-11-7-9-19(15(11)12-4-2-5-13(17)10-12)16-14(20(21)22)6-3-8-18-16/h2-6,8,10-11,15H,7,9H2,1H3. The lowest BCUT2D eigenvalue weighted by Gasteiger charge is -2.28. The molecule has 0 radical (unpaired) electrons. The van der Waals surface area contributed by atoms with Crippen molar-refractivity contribution in [3.63, 3.8) is 0 Å². The molecular formula is C16H16FN3O2. The maximum atomic E-state index is 13.5. The number of anilines is 1. The van der Waals surface area contributed by atoms with E-state index >= 15 is 0 Å². The number of halogens is 1. The van der Waals surface area contributed by atoms with Crippen molar-refractivity contribution in [1.82, 2.24) is 4.98 Å². The second kappa shape index (κ2) is 5.71. The van der Waals surface area contributed by atoms with Crippen molar-refractivity contribution in [2.75, 3.05) is 11.4 Å². The molecule has 0 amide bonds. The number of nitrogens with zero attached hydrogens (tertiary/aromatic N) is 3. The quantitative estimate of drug-likeness (QED) is 0.640. The first kappa shape index (κ1) is 14.4. The summed E-state index contributed by atoms with van der Waals surface area (Å²) in [6.07, 6.45) is 2.43. The van der Waals surface area contributed by atoms with Crippen LogP contribution in [0.15, 0.2) is 42.6 Å². The van der Waals surface area contributed by atoms with E-state index in [1.807, 2.05) is 11.0 Å². The Morgan fingerprint density at radius 1 is 1.36 bits per heavy atom. The summed E-state index contributed by atoms with van der Waals surface area (Å²) in [5.74, 6) is 0.321. The van der Waals surface area contributed by atoms with Gasteiger partial charge in [0.25, 0.3) is 0 Å². The first-order valence-corrected chi connectivity index (χ1v) is 7.19. The molecule has 1 fully saturated rings. The molecule has 5 nitrogen and oxygen atoms in total. The van der Waals surface area contributed by atoms with Crippen molar-refractivity contribution in [3.05, 3.63) is 64.1 Å². The fraction of sp³-hybridized carbons (Fsp3) is 0.312. The Bertz CT molecular complexity index is 707. The molecule has 0 saturated carbocycles. The van der Waals surface area contributed by atoms with Crippen molar-refractivity contribution in [2.45, 2.75) is 19.4 Å². The largest absolute Gasteiger partial charge is 0.344 e. The van der Waals surface area contributed by atoms with E-state index in [2.05, 4.69) is 11.9 Å². The minimum atomic E-state index is -0.423. The van der Waals surface area contributed by atoms with Crippen LogP contribution in [0.3, 0.4) is 0 Å². The molecule has 0 spiro atoms. The maximum Gasteiger partial charge on any atom is 0.311 e. The second-order valence-electron chi connectivity index (χ2n) is 5.56. The van der Waals surface area contributed by atoms with Crippen molar-refractivity contribution in [1.29, 1.82) is 0 Å². The molecule has 1 aliphatic heterocycles. The van der Waals surface area contributed by atoms with E-state index in [-0.39, 0.29) is 23.5 Å². The smallest absolute Gasteiger partial charge is 0.311 e. The number of nitro groups is 1. The summed E-state index contributed by atoms with van der Waals surface area (Å²) in [6.45, 7) is 2.74. The van der Waals surface area contributed by atoms with Crippen LogP contribution in [0, 0.1) is 21.8 Å². The Morgan fingerprint density at radius 2 is 2.18 bits per heavy atom. The molecule has 2 aromatic rings. The van der Waals surface area contributed by atoms with Gasteiger partial charge in [-0.15, -0.1) is 0 Å². The van der Waals surface area contributed by atoms with E-state index in [9.17, 15) is 14.5 Å². The van der Waals surface area contributed by atoms with Crippen LogP contribution in [0.1, 0.15) is 24.9 Å². The van der Waals surface area contributed by atoms with Crippen LogP contribution < -0.4 is 4.90 Å². The Hall–Kier alpha value is -2.50. The molecule has 2 atom stereocenters. The van der Waals surface area contributed by atoms with Crippen molar-refractivity contribution in [3.8, 4) is 0 Å². The van der Waals surface area contributed by atoms with Crippen molar-refractivity contribution < 1.29 is 9.31 Å². The zero-order valence-electron chi connectivity index (χ0n) is 12.1. The van der Waals surface area contributed by atoms with Crippen molar-refractivity contribution >= 4 is 11.5 Å². The number of benzene rings is 1. The van der Waals surface area contributed by atoms with Gasteiger partial charge >= 0.3 is 5.69 Å². The van der Waals surface area contributed by atoms with Crippen LogP contribution in [0.2, 0.25) is 0 Å². The number of rotatable bonds is 3. The summed E-state index contributed by atoms with van der Waals surface area (Å²) < 4.78 is 13.5. The first-order chi connectivity index (χ1) is 10.6. The van der Waals surface area contributed by atoms with Crippen LogP contribution in [-0.2, 0) is 0 Å². The van der Waals surface area contributed by atoms with E-state index < -0.39 is 4.92 Å². The summed E-state index contributed by atoms with van der Waals surface area (Å²) in [5.41, 5.74) is 0.808. The lowest BCUT2D eigenvalue weighted by Crippen LogP contribution is -2.26. The Morgan fingerprint density at radius 3 is 2.91 bits per heavy atom. The molecule has 22 heavy (non-hydrogen) atoms. The SMILES string of the molecule is CC1CCN(c2ncccc2[N+](=O)[O-])C1c1cccc(F)c1. The van der Waals surface area contributed by atoms with Crippen LogP contribution in [-0.4, -0.2) is 16.5 Å². The van der Waals surface area contributed by atoms with E-state index in [1.54, 1.807) is 18.3 Å². The van der Waals surface area contributed by atoms with Crippen LogP contribution in [0.25, 0.3) is 0 Å². The molecule has 3 rings (SSSR count). The minimum Gasteiger partial charge on any atom is -0.344 e. The van der Waals surface area contributed by atoms with Gasteiger partial charge < -0.3 is 4.90 Å². The third-order valence-electron chi connectivity index (χ3n) is 4.13. The highest BCUT2D eigenvalue weighted by molar-refractivity contribution is 5.59. The molecule has 2 heterocycles. The molecule has 1 aromatic carbocycles. The summed E-state index contributed by atoms with van der Waals surface area (Å²) in [4.78, 5) is 16.9. The van der Waals surface area contributed by atoms with E-state index in [4.69, 9.17) is 0 Å². The molecule has 1 aromatic heterocycles. The number of hydrogen-bond donors (Lipinski definition) is 0. The lowest BCUT2D eigenvalue weighted by atomic mass is 9.95. The lowest BCUT2D eigenvalue weighted by molar-refractivity contribution is -0.384. The van der Waals surface area contributed by atoms with Gasteiger partial charge in [-0.05, 0) is 36.1 Å². The van der Waals surface area contributed by atoms with Gasteiger partial charge in [-0.1, -0.05) is 19.1 Å². The van der Waals surface area contributed by atoms with Crippen LogP contribution >= 0.6 is 0 Å². The van der Waals surface area contributed by atoms with E-state index in [1.165, 1.54) is 18.2 Å². The molecule has 0 aliphatic carbocycles. The van der Waals surface area contributed by atoms with Gasteiger partial charge in [-0.2, -0.15) is 0 Å². The number of hydrogen-bond acceptors (Lipinski definition) is 4. The van der Waals surface area contributed by atoms with Gasteiger partial charge in [0.1, 0.15) is 5.82 Å². The fourth-order valence-electron chi connectivity index (χ4n) is 3.14. The average molecular weight is 301 g/mol. The third-order valence-corrected chi connectivity index (χ3v) is 4.13. The van der Waals surface area contributed by atoms with Gasteiger partial charge in [0, 0.05) is 18.8 Å². The third kappa shape index (κ3) is 2.52. The van der Waals surface area contributed by atoms with Gasteiger partial charge in [-0.25, -0.2) is 9.37 Å². The highest BCUT2D eigenvalue weighted by Crippen LogP contribution is 2.42. The maximum absolute atomic E-state index is 13.5. The normalized spacial score (nSPS) is 21.1. The zero-order chi connectivity index (χ0) is 15.7. The number of aromatic nitrogens is 1. The molecule has 0 bridgehead atoms. The molecule has 0 N–H and O–H groups in total. The molecule has 1 aliphatic rings. The summed E-state index contributed by atoms with van der Waals surface area (Å²) in [5, 5.41) is 11.2. The molecular weight excluding hydrogens is 285 g/mol. The van der Waals surface area contributed by atoms with Crippen LogP contribution in [0.4, 0.5) is 15.9 Å². The zero-order valence-corrected chi connectivity index (χ0v) is 12.1.